The van der Waals surface area contributed by atoms with Gasteiger partial charge in [-0.25, -0.2) is 4.68 Å². The number of fused-ring (bicyclic) bond motifs is 1. The van der Waals surface area contributed by atoms with E-state index in [9.17, 15) is 18.0 Å². The number of nitrogens with one attached hydrogen (secondary N) is 2. The third-order valence-electron chi connectivity index (χ3n) is 5.05. The molecule has 0 saturated heterocycles. The van der Waals surface area contributed by atoms with Crippen LogP contribution in [0.5, 0.6) is 0 Å². The van der Waals surface area contributed by atoms with E-state index in [0.29, 0.717) is 26.5 Å². The van der Waals surface area contributed by atoms with Gasteiger partial charge in [0, 0.05) is 17.1 Å². The Morgan fingerprint density at radius 2 is 1.81 bits per heavy atom. The van der Waals surface area contributed by atoms with Gasteiger partial charge in [0.2, 0.25) is 0 Å². The van der Waals surface area contributed by atoms with Crippen molar-refractivity contribution in [1.82, 2.24) is 9.78 Å². The van der Waals surface area contributed by atoms with Gasteiger partial charge >= 0.3 is 6.18 Å². The zero-order chi connectivity index (χ0) is 23.0. The number of hydrogen-bond acceptors (Lipinski definition) is 4. The minimum absolute atomic E-state index is 0.0924. The fourth-order valence-corrected chi connectivity index (χ4v) is 3.86. The van der Waals surface area contributed by atoms with Gasteiger partial charge in [-0.3, -0.25) is 4.79 Å². The first-order valence-electron chi connectivity index (χ1n) is 9.35. The molecule has 11 heteroatoms. The molecular formula is C21H14Cl2F3N5O. The van der Waals surface area contributed by atoms with Crippen molar-refractivity contribution in [3.05, 3.63) is 75.4 Å². The van der Waals surface area contributed by atoms with E-state index in [-0.39, 0.29) is 23.0 Å². The van der Waals surface area contributed by atoms with E-state index in [0.717, 1.165) is 0 Å². The summed E-state index contributed by atoms with van der Waals surface area (Å²) in [7, 11) is 0. The van der Waals surface area contributed by atoms with Gasteiger partial charge in [0.05, 0.1) is 17.7 Å². The zero-order valence-electron chi connectivity index (χ0n) is 16.1. The lowest BCUT2D eigenvalue weighted by Gasteiger charge is -2.33. The molecule has 32 heavy (non-hydrogen) atoms. The van der Waals surface area contributed by atoms with Crippen molar-refractivity contribution in [3.63, 3.8) is 0 Å². The fraction of sp³-hybridized carbons (Fsp3) is 0.190. The van der Waals surface area contributed by atoms with Crippen molar-refractivity contribution in [2.24, 2.45) is 0 Å². The van der Waals surface area contributed by atoms with Crippen molar-refractivity contribution < 1.29 is 18.0 Å². The van der Waals surface area contributed by atoms with Crippen molar-refractivity contribution in [2.45, 2.75) is 24.7 Å². The number of carbonyl (C=O) groups excluding carboxylic acids is 1. The van der Waals surface area contributed by atoms with Crippen molar-refractivity contribution in [3.8, 4) is 6.07 Å². The highest BCUT2D eigenvalue weighted by molar-refractivity contribution is 6.36. The van der Waals surface area contributed by atoms with Gasteiger partial charge in [0.1, 0.15) is 10.8 Å². The topological polar surface area (TPSA) is 82.7 Å². The SMILES string of the molecule is N#Cc1ccc(NC(=O)c2nn3c(c2Cl)N[C@H](c2ccc(Cl)cc2)C[C@H]3C(F)(F)F)cc1. The van der Waals surface area contributed by atoms with Gasteiger partial charge in [-0.15, -0.1) is 0 Å². The summed E-state index contributed by atoms with van der Waals surface area (Å²) >= 11 is 12.2. The maximum Gasteiger partial charge on any atom is 0.410 e. The van der Waals surface area contributed by atoms with E-state index in [4.69, 9.17) is 28.5 Å². The number of halogens is 5. The summed E-state index contributed by atoms with van der Waals surface area (Å²) in [6, 6.07) is 11.7. The number of anilines is 2. The average Bonchev–Trinajstić information content (AvgIpc) is 3.10. The molecule has 0 bridgehead atoms. The van der Waals surface area contributed by atoms with Gasteiger partial charge in [-0.2, -0.15) is 23.5 Å². The third-order valence-corrected chi connectivity index (χ3v) is 5.66. The molecule has 1 aromatic heterocycles. The standard InChI is InChI=1S/C21H14Cl2F3N5O/c22-13-5-3-12(4-6-13)15-9-16(21(24,25)26)31-19(29-15)17(23)18(30-31)20(32)28-14-7-1-11(10-27)2-8-14/h1-8,15-16,29H,9H2,(H,28,32)/t15-,16-/m0/s1. The molecule has 0 aliphatic carbocycles. The normalized spacial score (nSPS) is 17.8. The summed E-state index contributed by atoms with van der Waals surface area (Å²) in [6.45, 7) is 0. The second kappa shape index (κ2) is 8.37. The van der Waals surface area contributed by atoms with Gasteiger partial charge in [0.15, 0.2) is 11.7 Å². The minimum atomic E-state index is -4.61. The second-order valence-electron chi connectivity index (χ2n) is 7.14. The molecule has 0 radical (unpaired) electrons. The van der Waals surface area contributed by atoms with E-state index in [1.165, 1.54) is 24.3 Å². The molecule has 2 atom stereocenters. The molecule has 2 aromatic carbocycles. The Hall–Kier alpha value is -3.22. The molecule has 2 N–H and O–H groups in total. The molecule has 6 nitrogen and oxygen atoms in total. The van der Waals surface area contributed by atoms with Crippen LogP contribution in [0.4, 0.5) is 24.7 Å². The van der Waals surface area contributed by atoms with Crippen LogP contribution in [0.3, 0.4) is 0 Å². The Bertz CT molecular complexity index is 1200. The molecule has 1 aliphatic heterocycles. The van der Waals surface area contributed by atoms with Crippen LogP contribution in [0.15, 0.2) is 48.5 Å². The van der Waals surface area contributed by atoms with Crippen LogP contribution >= 0.6 is 23.2 Å². The molecule has 0 unspecified atom stereocenters. The average molecular weight is 480 g/mol. The van der Waals surface area contributed by atoms with E-state index >= 15 is 0 Å². The van der Waals surface area contributed by atoms with E-state index < -0.39 is 24.2 Å². The summed E-state index contributed by atoms with van der Waals surface area (Å²) < 4.78 is 42.3. The molecule has 4 rings (SSSR count). The summed E-state index contributed by atoms with van der Waals surface area (Å²) in [5.74, 6) is -0.863. The Morgan fingerprint density at radius 3 is 2.41 bits per heavy atom. The lowest BCUT2D eigenvalue weighted by atomic mass is 9.97. The van der Waals surface area contributed by atoms with Crippen molar-refractivity contribution in [2.75, 3.05) is 10.6 Å². The number of benzene rings is 2. The molecule has 2 heterocycles. The molecule has 0 spiro atoms. The number of nitriles is 1. The van der Waals surface area contributed by atoms with Gasteiger partial charge in [-0.1, -0.05) is 35.3 Å². The Kier molecular flexibility index (Phi) is 5.75. The summed E-state index contributed by atoms with van der Waals surface area (Å²) in [4.78, 5) is 12.7. The van der Waals surface area contributed by atoms with Crippen LogP contribution in [0.2, 0.25) is 10.0 Å². The number of rotatable bonds is 3. The number of alkyl halides is 3. The van der Waals surface area contributed by atoms with Crippen molar-refractivity contribution in [1.29, 1.82) is 5.26 Å². The highest BCUT2D eigenvalue weighted by Gasteiger charge is 2.47. The number of hydrogen-bond donors (Lipinski definition) is 2. The maximum absolute atomic E-state index is 13.9. The quantitative estimate of drug-likeness (QED) is 0.484. The Labute approximate surface area is 190 Å². The highest BCUT2D eigenvalue weighted by Crippen LogP contribution is 2.46. The minimum Gasteiger partial charge on any atom is -0.362 e. The number of aromatic nitrogens is 2. The number of amides is 1. The number of nitrogens with zero attached hydrogens (tertiary/aromatic N) is 3. The van der Waals surface area contributed by atoms with Gasteiger partial charge in [-0.05, 0) is 42.0 Å². The fourth-order valence-electron chi connectivity index (χ4n) is 3.47. The molecule has 1 aliphatic rings. The molecule has 164 valence electrons. The van der Waals surface area contributed by atoms with Crippen LogP contribution in [0.1, 0.15) is 40.1 Å². The largest absolute Gasteiger partial charge is 0.410 e. The van der Waals surface area contributed by atoms with Crippen molar-refractivity contribution >= 4 is 40.6 Å². The first-order valence-corrected chi connectivity index (χ1v) is 10.1. The predicted molar refractivity (Wildman–Crippen MR) is 114 cm³/mol. The smallest absolute Gasteiger partial charge is 0.362 e. The van der Waals surface area contributed by atoms with Crippen LogP contribution in [-0.4, -0.2) is 21.9 Å². The lowest BCUT2D eigenvalue weighted by Crippen LogP contribution is -2.35. The van der Waals surface area contributed by atoms with Gasteiger partial charge < -0.3 is 10.6 Å². The third kappa shape index (κ3) is 4.24. The van der Waals surface area contributed by atoms with E-state index in [1.807, 2.05) is 6.07 Å². The molecule has 0 fully saturated rings. The van der Waals surface area contributed by atoms with E-state index in [2.05, 4.69) is 15.7 Å². The van der Waals surface area contributed by atoms with Crippen LogP contribution in [0, 0.1) is 11.3 Å². The Balaban J connectivity index is 1.67. The summed E-state index contributed by atoms with van der Waals surface area (Å²) in [5, 5.41) is 18.5. The maximum atomic E-state index is 13.9. The highest BCUT2D eigenvalue weighted by atomic mass is 35.5. The number of carbonyl (C=O) groups is 1. The molecular weight excluding hydrogens is 466 g/mol. The first kappa shape index (κ1) is 22.0. The monoisotopic (exact) mass is 479 g/mol. The van der Waals surface area contributed by atoms with E-state index in [1.54, 1.807) is 24.3 Å². The second-order valence-corrected chi connectivity index (χ2v) is 7.96. The van der Waals surface area contributed by atoms with Crippen LogP contribution in [0.25, 0.3) is 0 Å². The molecule has 3 aromatic rings. The zero-order valence-corrected chi connectivity index (χ0v) is 17.6. The van der Waals surface area contributed by atoms with Gasteiger partial charge in [0.25, 0.3) is 5.91 Å². The first-order chi connectivity index (χ1) is 15.2. The summed E-state index contributed by atoms with van der Waals surface area (Å²) in [6.07, 6.45) is -4.95. The Morgan fingerprint density at radius 1 is 1.16 bits per heavy atom. The summed E-state index contributed by atoms with van der Waals surface area (Å²) in [5.41, 5.74) is 0.986. The molecule has 0 saturated carbocycles. The molecule has 1 amide bonds. The van der Waals surface area contributed by atoms with Crippen LogP contribution in [-0.2, 0) is 0 Å². The van der Waals surface area contributed by atoms with Crippen LogP contribution < -0.4 is 10.6 Å². The predicted octanol–water partition coefficient (Wildman–Crippen LogP) is 5.97. The lowest BCUT2D eigenvalue weighted by molar-refractivity contribution is -0.173.